The second-order valence-corrected chi connectivity index (χ2v) is 9.12. The van der Waals surface area contributed by atoms with Crippen molar-refractivity contribution in [3.63, 3.8) is 0 Å². The first-order valence-electron chi connectivity index (χ1n) is 13.3. The van der Waals surface area contributed by atoms with E-state index in [-0.39, 0.29) is 31.6 Å². The molecule has 0 aromatic carbocycles. The lowest BCUT2D eigenvalue weighted by atomic mass is 10.1. The highest BCUT2D eigenvalue weighted by atomic mass is 19.4. The van der Waals surface area contributed by atoms with Gasteiger partial charge < -0.3 is 31.7 Å². The summed E-state index contributed by atoms with van der Waals surface area (Å²) in [6.07, 6.45) is 6.49. The molecule has 39 heavy (non-hydrogen) atoms. The van der Waals surface area contributed by atoms with Gasteiger partial charge in [-0.15, -0.1) is 0 Å². The maximum Gasteiger partial charge on any atom is 0.490 e. The van der Waals surface area contributed by atoms with E-state index in [0.717, 1.165) is 19.3 Å². The number of amides is 2. The van der Waals surface area contributed by atoms with E-state index in [4.69, 9.17) is 15.6 Å². The minimum absolute atomic E-state index is 0.0974. The van der Waals surface area contributed by atoms with Crippen molar-refractivity contribution in [3.8, 4) is 0 Å². The first kappa shape index (κ1) is 38.2. The molecule has 0 radical (unpaired) electrons. The minimum Gasteiger partial charge on any atom is -0.480 e. The monoisotopic (exact) mass is 571 g/mol. The zero-order chi connectivity index (χ0) is 30.3. The van der Waals surface area contributed by atoms with Crippen LogP contribution in [0.2, 0.25) is 0 Å². The Balaban J connectivity index is 0. The van der Waals surface area contributed by atoms with Gasteiger partial charge in [0.1, 0.15) is 12.1 Å². The quantitative estimate of drug-likeness (QED) is 0.112. The summed E-state index contributed by atoms with van der Waals surface area (Å²) in [5.74, 6) is -6.00. The molecular weight excluding hydrogens is 527 g/mol. The molecule has 0 rings (SSSR count). The van der Waals surface area contributed by atoms with Crippen LogP contribution >= 0.6 is 0 Å². The molecule has 0 aliphatic heterocycles. The Morgan fingerprint density at radius 2 is 1.08 bits per heavy atom. The highest BCUT2D eigenvalue weighted by Gasteiger charge is 2.38. The number of nitrogens with two attached hydrogens (primary N) is 1. The average molecular weight is 572 g/mol. The molecule has 0 aromatic rings. The molecule has 0 saturated heterocycles. The molecule has 0 aromatic heterocycles. The Hall–Kier alpha value is -2.90. The number of hydrogen-bond acceptors (Lipinski definition) is 6. The number of hydrogen-bond donors (Lipinski definition) is 6. The zero-order valence-corrected chi connectivity index (χ0v) is 22.6. The zero-order valence-electron chi connectivity index (χ0n) is 22.6. The van der Waals surface area contributed by atoms with Gasteiger partial charge in [0.25, 0.3) is 0 Å². The third-order valence-corrected chi connectivity index (χ3v) is 5.62. The molecule has 2 amide bonds. The van der Waals surface area contributed by atoms with Gasteiger partial charge in [-0.1, -0.05) is 58.3 Å². The van der Waals surface area contributed by atoms with Gasteiger partial charge in [0.05, 0.1) is 0 Å². The first-order chi connectivity index (χ1) is 18.3. The molecule has 228 valence electrons. The molecule has 0 aliphatic rings. The molecular formula is C25H44F3N3O8. The lowest BCUT2D eigenvalue weighted by molar-refractivity contribution is -0.192. The maximum absolute atomic E-state index is 12.1. The summed E-state index contributed by atoms with van der Waals surface area (Å²) in [7, 11) is 0. The van der Waals surface area contributed by atoms with E-state index >= 15 is 0 Å². The lowest BCUT2D eigenvalue weighted by Crippen LogP contribution is -2.43. The van der Waals surface area contributed by atoms with Crippen molar-refractivity contribution < 1.29 is 52.5 Å². The lowest BCUT2D eigenvalue weighted by Gasteiger charge is -2.17. The fraction of sp³-hybridized carbons (Fsp3) is 0.800. The number of unbranched alkanes of at least 4 members (excludes halogenated alkanes) is 9. The van der Waals surface area contributed by atoms with Gasteiger partial charge in [-0.25, -0.2) is 14.4 Å². The van der Waals surface area contributed by atoms with Crippen molar-refractivity contribution in [3.05, 3.63) is 0 Å². The molecule has 7 N–H and O–H groups in total. The molecule has 2 atom stereocenters. The van der Waals surface area contributed by atoms with Crippen molar-refractivity contribution in [1.82, 2.24) is 10.6 Å². The number of halogens is 3. The number of alkyl halides is 3. The van der Waals surface area contributed by atoms with E-state index in [1.54, 1.807) is 0 Å². The highest BCUT2D eigenvalue weighted by Crippen LogP contribution is 2.13. The van der Waals surface area contributed by atoms with Crippen LogP contribution in [0.5, 0.6) is 0 Å². The SMILES string of the molecule is CCCCCCCCCCCC(=O)N[C@H](CCC(=O)N[C@@H](CCCCN)C(=O)O)C(=O)O.O=C(O)C(F)(F)F. The fourth-order valence-corrected chi connectivity index (χ4v) is 3.41. The summed E-state index contributed by atoms with van der Waals surface area (Å²) in [6, 6.07) is -2.20. The van der Waals surface area contributed by atoms with Crippen molar-refractivity contribution in [2.45, 2.75) is 121 Å². The van der Waals surface area contributed by atoms with E-state index in [9.17, 15) is 42.6 Å². The van der Waals surface area contributed by atoms with Crippen LogP contribution in [0.25, 0.3) is 0 Å². The Morgan fingerprint density at radius 1 is 0.667 bits per heavy atom. The molecule has 0 bridgehead atoms. The Labute approximate surface area is 227 Å². The van der Waals surface area contributed by atoms with Gasteiger partial charge in [-0.2, -0.15) is 13.2 Å². The van der Waals surface area contributed by atoms with Crippen LogP contribution in [-0.2, 0) is 24.0 Å². The largest absolute Gasteiger partial charge is 0.490 e. The number of aliphatic carboxylic acids is 3. The summed E-state index contributed by atoms with van der Waals surface area (Å²) < 4.78 is 31.7. The van der Waals surface area contributed by atoms with Crippen molar-refractivity contribution >= 4 is 29.7 Å². The number of rotatable bonds is 21. The third kappa shape index (κ3) is 23.9. The highest BCUT2D eigenvalue weighted by molar-refractivity contribution is 5.86. The predicted molar refractivity (Wildman–Crippen MR) is 137 cm³/mol. The van der Waals surface area contributed by atoms with Crippen LogP contribution in [0.15, 0.2) is 0 Å². The number of nitrogens with one attached hydrogen (secondary N) is 2. The summed E-state index contributed by atoms with van der Waals surface area (Å²) in [5, 5.41) is 30.5. The van der Waals surface area contributed by atoms with E-state index < -0.39 is 42.1 Å². The normalized spacial score (nSPS) is 12.4. The predicted octanol–water partition coefficient (Wildman–Crippen LogP) is 3.59. The average Bonchev–Trinajstić information content (AvgIpc) is 2.84. The van der Waals surface area contributed by atoms with E-state index in [0.29, 0.717) is 25.8 Å². The Morgan fingerprint density at radius 3 is 1.49 bits per heavy atom. The summed E-state index contributed by atoms with van der Waals surface area (Å²) >= 11 is 0. The van der Waals surface area contributed by atoms with Gasteiger partial charge in [0.2, 0.25) is 11.8 Å². The van der Waals surface area contributed by atoms with Crippen LogP contribution in [0.1, 0.15) is 103 Å². The Bertz CT molecular complexity index is 736. The van der Waals surface area contributed by atoms with E-state index in [1.807, 2.05) is 0 Å². The second kappa shape index (κ2) is 23.0. The Kier molecular flexibility index (Phi) is 22.6. The van der Waals surface area contributed by atoms with Gasteiger partial charge in [0.15, 0.2) is 0 Å². The topological polar surface area (TPSA) is 196 Å². The van der Waals surface area contributed by atoms with Gasteiger partial charge in [0, 0.05) is 12.8 Å². The maximum atomic E-state index is 12.1. The van der Waals surface area contributed by atoms with Crippen LogP contribution in [0.4, 0.5) is 13.2 Å². The fourth-order valence-electron chi connectivity index (χ4n) is 3.41. The number of carboxylic acid groups (broad SMARTS) is 3. The number of carbonyl (C=O) groups is 5. The molecule has 0 aliphatic carbocycles. The molecule has 0 heterocycles. The number of carboxylic acids is 3. The summed E-state index contributed by atoms with van der Waals surface area (Å²) in [4.78, 5) is 55.7. The van der Waals surface area contributed by atoms with Gasteiger partial charge in [-0.05, 0) is 38.6 Å². The van der Waals surface area contributed by atoms with Gasteiger partial charge in [-0.3, -0.25) is 9.59 Å². The van der Waals surface area contributed by atoms with Crippen LogP contribution in [-0.4, -0.2) is 69.8 Å². The molecule has 0 fully saturated rings. The third-order valence-electron chi connectivity index (χ3n) is 5.62. The minimum atomic E-state index is -5.08. The molecule has 11 nitrogen and oxygen atoms in total. The van der Waals surface area contributed by atoms with Crippen molar-refractivity contribution in [2.24, 2.45) is 5.73 Å². The van der Waals surface area contributed by atoms with Gasteiger partial charge >= 0.3 is 24.1 Å². The smallest absolute Gasteiger partial charge is 0.480 e. The molecule has 0 saturated carbocycles. The summed E-state index contributed by atoms with van der Waals surface area (Å²) in [5.41, 5.74) is 5.39. The summed E-state index contributed by atoms with van der Waals surface area (Å²) in [6.45, 7) is 2.63. The van der Waals surface area contributed by atoms with Crippen molar-refractivity contribution in [2.75, 3.05) is 6.54 Å². The molecule has 0 spiro atoms. The first-order valence-corrected chi connectivity index (χ1v) is 13.3. The van der Waals surface area contributed by atoms with Crippen LogP contribution in [0.3, 0.4) is 0 Å². The second-order valence-electron chi connectivity index (χ2n) is 9.12. The van der Waals surface area contributed by atoms with Crippen molar-refractivity contribution in [1.29, 1.82) is 0 Å². The van der Waals surface area contributed by atoms with Crippen LogP contribution < -0.4 is 16.4 Å². The number of carbonyl (C=O) groups excluding carboxylic acids is 2. The molecule has 0 unspecified atom stereocenters. The molecule has 14 heteroatoms. The standard InChI is InChI=1S/C23H43N3O6.C2HF3O2/c1-2-3-4-5-6-7-8-9-10-14-20(27)26-19(23(31)32)15-16-21(28)25-18(22(29)30)13-11-12-17-24;3-2(4,5)1(6)7/h18-19H,2-17,24H2,1H3,(H,25,28)(H,26,27)(H,29,30)(H,31,32);(H,6,7)/t18-,19+;/m0./s1. The van der Waals surface area contributed by atoms with E-state index in [2.05, 4.69) is 17.6 Å². The van der Waals surface area contributed by atoms with E-state index in [1.165, 1.54) is 32.1 Å². The van der Waals surface area contributed by atoms with Crippen LogP contribution in [0, 0.1) is 0 Å².